The molecule has 0 spiro atoms. The van der Waals surface area contributed by atoms with E-state index in [1.165, 1.54) is 5.01 Å². The molecule has 2 nitrogen and oxygen atoms in total. The van der Waals surface area contributed by atoms with Crippen molar-refractivity contribution in [1.82, 2.24) is 0 Å². The van der Waals surface area contributed by atoms with Gasteiger partial charge in [0.1, 0.15) is 0 Å². The quantitative estimate of drug-likeness (QED) is 0.766. The summed E-state index contributed by atoms with van der Waals surface area (Å²) in [6.45, 7) is 3.92. The van der Waals surface area contributed by atoms with Gasteiger partial charge in [-0.25, -0.2) is 0 Å². The number of benzene rings is 1. The van der Waals surface area contributed by atoms with Crippen molar-refractivity contribution >= 4 is 0 Å². The summed E-state index contributed by atoms with van der Waals surface area (Å²) in [6.07, 6.45) is 0. The van der Waals surface area contributed by atoms with Gasteiger partial charge in [-0.3, -0.25) is 0 Å². The third kappa shape index (κ3) is 4.01. The van der Waals surface area contributed by atoms with E-state index < -0.39 is 13.6 Å². The molecule has 1 rings (SSSR count). The van der Waals surface area contributed by atoms with E-state index in [0.717, 1.165) is 5.75 Å². The molecule has 0 aliphatic heterocycles. The Morgan fingerprint density at radius 3 is 2.69 bits per heavy atom. The molecular formula is C10H12CoO2. The van der Waals surface area contributed by atoms with Crippen LogP contribution in [0.5, 0.6) is 5.75 Å². The molecule has 0 saturated carbocycles. The summed E-state index contributed by atoms with van der Waals surface area (Å²) in [6, 6.07) is 9.49. The van der Waals surface area contributed by atoms with Crippen molar-refractivity contribution in [2.24, 2.45) is 0 Å². The van der Waals surface area contributed by atoms with Crippen LogP contribution < -0.4 is 4.74 Å². The minimum atomic E-state index is -1.27. The van der Waals surface area contributed by atoms with Gasteiger partial charge in [-0.1, -0.05) is 0 Å². The summed E-state index contributed by atoms with van der Waals surface area (Å²) in [5.74, 6) is 0.814. The number of para-hydroxylation sites is 1. The first-order valence-corrected chi connectivity index (χ1v) is 5.64. The molecule has 0 heterocycles. The van der Waals surface area contributed by atoms with Gasteiger partial charge in [0.05, 0.1) is 0 Å². The maximum absolute atomic E-state index is 10.9. The van der Waals surface area contributed by atoms with Crippen LogP contribution in [-0.2, 0) is 17.5 Å². The van der Waals surface area contributed by atoms with Crippen LogP contribution in [0.25, 0.3) is 0 Å². The molecule has 0 saturated heterocycles. The molecule has 13 heavy (non-hydrogen) atoms. The normalized spacial score (nSPS) is 10.6. The van der Waals surface area contributed by atoms with Crippen LogP contribution in [0.15, 0.2) is 41.9 Å². The van der Waals surface area contributed by atoms with Gasteiger partial charge in [-0.05, 0) is 0 Å². The number of hydrogen-bond acceptors (Lipinski definition) is 2. The van der Waals surface area contributed by atoms with Crippen LogP contribution in [0, 0.1) is 0 Å². The average Bonchev–Trinajstić information content (AvgIpc) is 2.19. The molecule has 0 bridgehead atoms. The van der Waals surface area contributed by atoms with E-state index in [9.17, 15) is 3.87 Å². The molecule has 0 amide bonds. The molecule has 0 radical (unpaired) electrons. The summed E-state index contributed by atoms with van der Waals surface area (Å²) >= 11 is -1.27. The van der Waals surface area contributed by atoms with E-state index in [2.05, 4.69) is 6.58 Å². The van der Waals surface area contributed by atoms with E-state index in [4.69, 9.17) is 4.74 Å². The molecular weight excluding hydrogens is 211 g/mol. The van der Waals surface area contributed by atoms with Crippen LogP contribution >= 0.6 is 0 Å². The zero-order valence-electron chi connectivity index (χ0n) is 7.24. The van der Waals surface area contributed by atoms with Crippen LogP contribution in [0.2, 0.25) is 5.36 Å². The van der Waals surface area contributed by atoms with Gasteiger partial charge in [0.25, 0.3) is 0 Å². The predicted octanol–water partition coefficient (Wildman–Crippen LogP) is 2.59. The molecule has 3 heteroatoms. The standard InChI is InChI=1S/C8H9O.C2H3.Co.O/c1-2-9-8-6-4-3-5-7-8;1-2;;/h3-7H,1-2H2;1H,2H2;;. The average molecular weight is 223 g/mol. The van der Waals surface area contributed by atoms with Gasteiger partial charge in [-0.15, -0.1) is 0 Å². The van der Waals surface area contributed by atoms with Gasteiger partial charge in [0.15, 0.2) is 0 Å². The zero-order chi connectivity index (χ0) is 9.52. The Labute approximate surface area is 82.2 Å². The zero-order valence-corrected chi connectivity index (χ0v) is 8.28. The summed E-state index contributed by atoms with van der Waals surface area (Å²) in [4.78, 5) is 0. The van der Waals surface area contributed by atoms with Crippen LogP contribution in [-0.4, -0.2) is 6.61 Å². The second kappa shape index (κ2) is 5.67. The Hall–Kier alpha value is -0.934. The van der Waals surface area contributed by atoms with Crippen molar-refractivity contribution in [2.75, 3.05) is 6.61 Å². The fourth-order valence-corrected chi connectivity index (χ4v) is 1.33. The van der Waals surface area contributed by atoms with Gasteiger partial charge < -0.3 is 0 Å². The van der Waals surface area contributed by atoms with E-state index in [-0.39, 0.29) is 0 Å². The fraction of sp³-hybridized carbons (Fsp3) is 0.200. The molecule has 0 N–H and O–H groups in total. The summed E-state index contributed by atoms with van der Waals surface area (Å²) in [5, 5.41) is 1.99. The summed E-state index contributed by atoms with van der Waals surface area (Å²) in [5.41, 5.74) is 0. The first kappa shape index (κ1) is 10.1. The van der Waals surface area contributed by atoms with Crippen LogP contribution in [0.4, 0.5) is 0 Å². The summed E-state index contributed by atoms with van der Waals surface area (Å²) < 4.78 is 16.3. The van der Waals surface area contributed by atoms with Crippen molar-refractivity contribution in [3.05, 3.63) is 41.9 Å². The Morgan fingerprint density at radius 1 is 1.38 bits per heavy atom. The molecule has 0 fully saturated rings. The van der Waals surface area contributed by atoms with Crippen molar-refractivity contribution in [2.45, 2.75) is 5.36 Å². The molecule has 0 aliphatic carbocycles. The third-order valence-electron chi connectivity index (χ3n) is 1.40. The molecule has 0 unspecified atom stereocenters. The van der Waals surface area contributed by atoms with E-state index in [0.29, 0.717) is 12.0 Å². The third-order valence-corrected chi connectivity index (χ3v) is 2.60. The Kier molecular flexibility index (Phi) is 4.42. The monoisotopic (exact) mass is 223 g/mol. The Bertz CT molecular complexity index is 282. The van der Waals surface area contributed by atoms with E-state index in [1.54, 1.807) is 0 Å². The second-order valence-electron chi connectivity index (χ2n) is 2.28. The minimum absolute atomic E-state index is 0.476. The van der Waals surface area contributed by atoms with Crippen molar-refractivity contribution in [3.63, 3.8) is 0 Å². The van der Waals surface area contributed by atoms with Crippen LogP contribution in [0.1, 0.15) is 0 Å². The summed E-state index contributed by atoms with van der Waals surface area (Å²) in [7, 11) is 0. The first-order chi connectivity index (χ1) is 6.33. The molecule has 0 atom stereocenters. The molecule has 0 aromatic heterocycles. The molecule has 1 aromatic rings. The van der Waals surface area contributed by atoms with E-state index in [1.807, 2.05) is 30.3 Å². The SMILES string of the molecule is C=[CH][Co](=[O])[CH2]COc1ccccc1. The topological polar surface area (TPSA) is 26.3 Å². The van der Waals surface area contributed by atoms with Gasteiger partial charge in [-0.2, -0.15) is 0 Å². The molecule has 73 valence electrons. The van der Waals surface area contributed by atoms with Gasteiger partial charge in [0.2, 0.25) is 0 Å². The van der Waals surface area contributed by atoms with Gasteiger partial charge >= 0.3 is 81.8 Å². The van der Waals surface area contributed by atoms with Crippen molar-refractivity contribution in [3.8, 4) is 5.75 Å². The Morgan fingerprint density at radius 2 is 2.08 bits per heavy atom. The van der Waals surface area contributed by atoms with Crippen molar-refractivity contribution in [1.29, 1.82) is 0 Å². The fourth-order valence-electron chi connectivity index (χ4n) is 0.804. The number of ether oxygens (including phenoxy) is 1. The van der Waals surface area contributed by atoms with Gasteiger partial charge in [0, 0.05) is 0 Å². The van der Waals surface area contributed by atoms with E-state index >= 15 is 0 Å². The number of rotatable bonds is 5. The molecule has 0 aliphatic rings. The Balaban J connectivity index is 2.28. The maximum atomic E-state index is 10.9. The predicted molar refractivity (Wildman–Crippen MR) is 47.6 cm³/mol. The van der Waals surface area contributed by atoms with Crippen LogP contribution in [0.3, 0.4) is 0 Å². The first-order valence-electron chi connectivity index (χ1n) is 3.88. The van der Waals surface area contributed by atoms with Crippen molar-refractivity contribution < 1.29 is 22.2 Å². The molecule has 1 aromatic carbocycles. The number of hydrogen-bond donors (Lipinski definition) is 0. The second-order valence-corrected chi connectivity index (χ2v) is 4.19.